The minimum Gasteiger partial charge on any atom is -0.396 e. The maximum Gasteiger partial charge on any atom is 0.295 e. The molecule has 0 unspecified atom stereocenters. The Labute approximate surface area is 162 Å². The Bertz CT molecular complexity index is 1280. The third-order valence-corrected chi connectivity index (χ3v) is 6.80. The van der Waals surface area contributed by atoms with Gasteiger partial charge in [-0.05, 0) is 30.3 Å². The van der Waals surface area contributed by atoms with Gasteiger partial charge in [0.25, 0.3) is 10.1 Å². The van der Waals surface area contributed by atoms with E-state index < -0.39 is 20.0 Å². The molecule has 0 saturated heterocycles. The van der Waals surface area contributed by atoms with Gasteiger partial charge >= 0.3 is 0 Å². The zero-order valence-corrected chi connectivity index (χ0v) is 16.4. The van der Waals surface area contributed by atoms with E-state index in [9.17, 15) is 21.4 Å². The van der Waals surface area contributed by atoms with Crippen molar-refractivity contribution in [2.24, 2.45) is 10.2 Å². The average Bonchev–Trinajstić information content (AvgIpc) is 2.67. The number of hydrogen-bond donors (Lipinski definition) is 2. The van der Waals surface area contributed by atoms with Gasteiger partial charge in [0.1, 0.15) is 10.6 Å². The predicted molar refractivity (Wildman–Crippen MR) is 107 cm³/mol. The first-order valence-corrected chi connectivity index (χ1v) is 11.3. The number of nitrogens with zero attached hydrogens (tertiary/aromatic N) is 2. The van der Waals surface area contributed by atoms with Gasteiger partial charge in [0, 0.05) is 10.8 Å². The first-order chi connectivity index (χ1) is 13.1. The molecule has 3 aromatic carbocycles. The smallest absolute Gasteiger partial charge is 0.295 e. The third-order valence-electron chi connectivity index (χ3n) is 4.15. The summed E-state index contributed by atoms with van der Waals surface area (Å²) in [5.74, 6) is -0.0140. The molecule has 0 amide bonds. The molecule has 28 heavy (non-hydrogen) atoms. The molecule has 146 valence electrons. The standard InChI is InChI=1S/C18H17N3O5S2/c1-2-27(22,23)13-9-7-12(8-10-13)20-21-16-11-17(28(24,25)26)14-5-3-4-6-15(14)18(16)19/h3-11H,2,19H2,1H3,(H,24,25,26). The summed E-state index contributed by atoms with van der Waals surface area (Å²) in [5, 5.41) is 8.66. The van der Waals surface area contributed by atoms with Crippen LogP contribution in [0.25, 0.3) is 10.8 Å². The highest BCUT2D eigenvalue weighted by Gasteiger charge is 2.18. The van der Waals surface area contributed by atoms with Gasteiger partial charge in [-0.25, -0.2) is 8.42 Å². The summed E-state index contributed by atoms with van der Waals surface area (Å²) in [4.78, 5) is -0.150. The van der Waals surface area contributed by atoms with Gasteiger partial charge < -0.3 is 5.73 Å². The maximum atomic E-state index is 11.8. The van der Waals surface area contributed by atoms with E-state index in [4.69, 9.17) is 5.73 Å². The lowest BCUT2D eigenvalue weighted by atomic mass is 10.1. The number of benzene rings is 3. The van der Waals surface area contributed by atoms with E-state index in [0.717, 1.165) is 6.07 Å². The minimum atomic E-state index is -4.50. The normalized spacial score (nSPS) is 12.6. The van der Waals surface area contributed by atoms with Crippen LogP contribution in [-0.2, 0) is 20.0 Å². The van der Waals surface area contributed by atoms with Gasteiger partial charge in [-0.1, -0.05) is 31.2 Å². The second kappa shape index (κ2) is 7.30. The fraction of sp³-hybridized carbons (Fsp3) is 0.111. The Morgan fingerprint density at radius 1 is 0.929 bits per heavy atom. The van der Waals surface area contributed by atoms with Crippen molar-refractivity contribution in [1.82, 2.24) is 0 Å². The van der Waals surface area contributed by atoms with Crippen LogP contribution < -0.4 is 5.73 Å². The Morgan fingerprint density at radius 3 is 2.11 bits per heavy atom. The summed E-state index contributed by atoms with van der Waals surface area (Å²) in [5.41, 5.74) is 6.71. The second-order valence-corrected chi connectivity index (χ2v) is 9.59. The molecule has 0 aliphatic rings. The molecule has 0 aliphatic heterocycles. The van der Waals surface area contributed by atoms with E-state index in [1.807, 2.05) is 0 Å². The molecule has 0 bridgehead atoms. The molecule has 10 heteroatoms. The number of nitrogen functional groups attached to an aromatic ring is 1. The van der Waals surface area contributed by atoms with Crippen LogP contribution in [0, 0.1) is 0 Å². The topological polar surface area (TPSA) is 139 Å². The van der Waals surface area contributed by atoms with Crippen molar-refractivity contribution in [3.8, 4) is 0 Å². The molecule has 3 rings (SSSR count). The molecule has 3 aromatic rings. The van der Waals surface area contributed by atoms with Gasteiger partial charge in [0.2, 0.25) is 0 Å². The van der Waals surface area contributed by atoms with Crippen molar-refractivity contribution < 1.29 is 21.4 Å². The van der Waals surface area contributed by atoms with Gasteiger partial charge in [0.15, 0.2) is 9.84 Å². The van der Waals surface area contributed by atoms with Gasteiger partial charge in [-0.2, -0.15) is 13.5 Å². The summed E-state index contributed by atoms with van der Waals surface area (Å²) in [6.07, 6.45) is 0. The Hall–Kier alpha value is -2.82. The first-order valence-electron chi connectivity index (χ1n) is 8.17. The SMILES string of the molecule is CCS(=O)(=O)c1ccc(N=Nc2cc(S(=O)(=O)O)c3ccccc3c2N)cc1. The highest BCUT2D eigenvalue weighted by molar-refractivity contribution is 7.91. The number of azo groups is 1. The highest BCUT2D eigenvalue weighted by atomic mass is 32.2. The molecular formula is C18H17N3O5S2. The highest BCUT2D eigenvalue weighted by Crippen LogP contribution is 2.36. The van der Waals surface area contributed by atoms with E-state index in [2.05, 4.69) is 10.2 Å². The Balaban J connectivity index is 2.06. The molecule has 8 nitrogen and oxygen atoms in total. The fourth-order valence-electron chi connectivity index (χ4n) is 2.65. The predicted octanol–water partition coefficient (Wildman–Crippen LogP) is 3.88. The third kappa shape index (κ3) is 3.88. The minimum absolute atomic E-state index is 0.0140. The zero-order chi connectivity index (χ0) is 20.5. The van der Waals surface area contributed by atoms with Crippen LogP contribution in [0.3, 0.4) is 0 Å². The van der Waals surface area contributed by atoms with Crippen molar-refractivity contribution in [1.29, 1.82) is 0 Å². The zero-order valence-electron chi connectivity index (χ0n) is 14.8. The van der Waals surface area contributed by atoms with Gasteiger partial charge in [-0.15, -0.1) is 5.11 Å². The summed E-state index contributed by atoms with van der Waals surface area (Å²) in [6.45, 7) is 1.55. The van der Waals surface area contributed by atoms with Crippen LogP contribution in [0.4, 0.5) is 17.1 Å². The average molecular weight is 419 g/mol. The van der Waals surface area contributed by atoms with Crippen LogP contribution in [-0.4, -0.2) is 27.1 Å². The van der Waals surface area contributed by atoms with E-state index in [1.165, 1.54) is 30.3 Å². The maximum absolute atomic E-state index is 11.8. The second-order valence-electron chi connectivity index (χ2n) is 5.93. The molecule has 0 aromatic heterocycles. The molecule has 0 radical (unpaired) electrons. The van der Waals surface area contributed by atoms with E-state index in [-0.39, 0.29) is 32.3 Å². The van der Waals surface area contributed by atoms with Crippen LogP contribution in [0.2, 0.25) is 0 Å². The Morgan fingerprint density at radius 2 is 1.54 bits per heavy atom. The largest absolute Gasteiger partial charge is 0.396 e. The summed E-state index contributed by atoms with van der Waals surface area (Å²) in [6, 6.07) is 13.4. The quantitative estimate of drug-likeness (QED) is 0.365. The Kier molecular flexibility index (Phi) is 5.20. The van der Waals surface area contributed by atoms with Crippen LogP contribution in [0.5, 0.6) is 0 Å². The summed E-state index contributed by atoms with van der Waals surface area (Å²) >= 11 is 0. The monoisotopic (exact) mass is 419 g/mol. The first kappa shape index (κ1) is 19.9. The lowest BCUT2D eigenvalue weighted by Gasteiger charge is -2.09. The van der Waals surface area contributed by atoms with Crippen molar-refractivity contribution in [2.75, 3.05) is 11.5 Å². The molecule has 0 heterocycles. The number of fused-ring (bicyclic) bond motifs is 1. The van der Waals surface area contributed by atoms with Gasteiger partial charge in [0.05, 0.1) is 22.0 Å². The van der Waals surface area contributed by atoms with Crippen molar-refractivity contribution in [3.05, 3.63) is 54.6 Å². The van der Waals surface area contributed by atoms with E-state index >= 15 is 0 Å². The molecule has 3 N–H and O–H groups in total. The molecule has 0 spiro atoms. The van der Waals surface area contributed by atoms with Crippen LogP contribution in [0.15, 0.2) is 74.6 Å². The van der Waals surface area contributed by atoms with E-state index in [1.54, 1.807) is 25.1 Å². The fourth-order valence-corrected chi connectivity index (χ4v) is 4.25. The molecule has 0 fully saturated rings. The van der Waals surface area contributed by atoms with E-state index in [0.29, 0.717) is 11.1 Å². The number of rotatable bonds is 5. The molecule has 0 atom stereocenters. The van der Waals surface area contributed by atoms with Crippen molar-refractivity contribution >= 4 is 47.8 Å². The lowest BCUT2D eigenvalue weighted by molar-refractivity contribution is 0.484. The van der Waals surface area contributed by atoms with Crippen LogP contribution >= 0.6 is 0 Å². The number of hydrogen-bond acceptors (Lipinski definition) is 7. The van der Waals surface area contributed by atoms with Gasteiger partial charge in [-0.3, -0.25) is 4.55 Å². The lowest BCUT2D eigenvalue weighted by Crippen LogP contribution is -2.02. The van der Waals surface area contributed by atoms with Crippen molar-refractivity contribution in [3.63, 3.8) is 0 Å². The summed E-state index contributed by atoms with van der Waals surface area (Å²) in [7, 11) is -7.82. The molecular weight excluding hydrogens is 402 g/mol. The molecule has 0 aliphatic carbocycles. The van der Waals surface area contributed by atoms with Crippen LogP contribution in [0.1, 0.15) is 6.92 Å². The molecule has 0 saturated carbocycles. The number of sulfone groups is 1. The summed E-state index contributed by atoms with van der Waals surface area (Å²) < 4.78 is 56.7. The number of anilines is 1. The number of nitrogens with two attached hydrogens (primary N) is 1. The van der Waals surface area contributed by atoms with Crippen molar-refractivity contribution in [2.45, 2.75) is 16.7 Å².